The molecule has 8 heteroatoms. The minimum Gasteiger partial charge on any atom is -0.379 e. The second-order valence-corrected chi connectivity index (χ2v) is 10.9. The molecule has 0 radical (unpaired) electrons. The molecule has 4 aromatic rings. The summed E-state index contributed by atoms with van der Waals surface area (Å²) in [7, 11) is 0. The van der Waals surface area contributed by atoms with Crippen molar-refractivity contribution in [1.82, 2.24) is 4.98 Å². The lowest BCUT2D eigenvalue weighted by molar-refractivity contribution is 0.413. The smallest absolute Gasteiger partial charge is 0.131 e. The second-order valence-electron chi connectivity index (χ2n) is 7.66. The number of nitrogens with one attached hydrogen (secondary N) is 1. The normalized spacial score (nSPS) is 19.1. The Morgan fingerprint density at radius 3 is 2.84 bits per heavy atom. The number of halogens is 2. The molecule has 31 heavy (non-hydrogen) atoms. The monoisotopic (exact) mass is 532 g/mol. The van der Waals surface area contributed by atoms with E-state index in [-0.39, 0.29) is 12.1 Å². The van der Waals surface area contributed by atoms with Crippen LogP contribution < -0.4 is 16.0 Å². The number of thiophene rings is 2. The molecular weight excluding hydrogens is 512 g/mol. The number of hydrogen-bond donors (Lipinski definition) is 2. The highest BCUT2D eigenvalue weighted by Gasteiger charge is 2.34. The van der Waals surface area contributed by atoms with E-state index in [4.69, 9.17) is 17.3 Å². The number of nitrogens with zero attached hydrogens (tertiary/aromatic N) is 2. The van der Waals surface area contributed by atoms with Crippen molar-refractivity contribution in [2.75, 3.05) is 16.8 Å². The largest absolute Gasteiger partial charge is 0.379 e. The molecule has 5 rings (SSSR count). The highest BCUT2D eigenvalue weighted by molar-refractivity contribution is 9.10. The molecule has 1 aliphatic rings. The highest BCUT2D eigenvalue weighted by atomic mass is 79.9. The van der Waals surface area contributed by atoms with Crippen LogP contribution in [0.1, 0.15) is 28.6 Å². The van der Waals surface area contributed by atoms with Gasteiger partial charge in [-0.25, -0.2) is 4.98 Å². The number of aromatic nitrogens is 1. The van der Waals surface area contributed by atoms with Crippen LogP contribution in [0.2, 0.25) is 5.15 Å². The quantitative estimate of drug-likeness (QED) is 0.270. The van der Waals surface area contributed by atoms with E-state index in [1.54, 1.807) is 22.7 Å². The van der Waals surface area contributed by atoms with Gasteiger partial charge in [-0.3, -0.25) is 0 Å². The summed E-state index contributed by atoms with van der Waals surface area (Å²) in [6.45, 7) is 1.75. The van der Waals surface area contributed by atoms with Crippen LogP contribution in [0.15, 0.2) is 58.4 Å². The van der Waals surface area contributed by atoms with E-state index in [0.717, 1.165) is 46.3 Å². The average Bonchev–Trinajstić information content (AvgIpc) is 3.41. The number of piperidine rings is 1. The lowest BCUT2D eigenvalue weighted by atomic mass is 9.95. The van der Waals surface area contributed by atoms with Gasteiger partial charge in [-0.1, -0.05) is 35.9 Å². The number of hydrogen-bond acceptors (Lipinski definition) is 6. The Hall–Kier alpha value is -1.64. The fourth-order valence-electron chi connectivity index (χ4n) is 4.21. The number of anilines is 2. The van der Waals surface area contributed by atoms with Crippen LogP contribution in [0.25, 0.3) is 10.2 Å². The zero-order valence-corrected chi connectivity index (χ0v) is 20.7. The lowest BCUT2D eigenvalue weighted by Gasteiger charge is -2.41. The van der Waals surface area contributed by atoms with E-state index in [0.29, 0.717) is 5.15 Å². The fourth-order valence-corrected chi connectivity index (χ4v) is 7.26. The molecule has 4 heterocycles. The van der Waals surface area contributed by atoms with Gasteiger partial charge in [-0.15, -0.1) is 22.7 Å². The summed E-state index contributed by atoms with van der Waals surface area (Å²) in [4.78, 5) is 9.57. The highest BCUT2D eigenvalue weighted by Crippen LogP contribution is 2.47. The first-order valence-corrected chi connectivity index (χ1v) is 13.1. The molecule has 3 N–H and O–H groups in total. The van der Waals surface area contributed by atoms with Crippen molar-refractivity contribution < 1.29 is 0 Å². The maximum Gasteiger partial charge on any atom is 0.131 e. The van der Waals surface area contributed by atoms with E-state index in [1.165, 1.54) is 15.4 Å². The molecular formula is C23H22BrClN4S2. The van der Waals surface area contributed by atoms with Crippen LogP contribution in [0.4, 0.5) is 11.4 Å². The first-order valence-electron chi connectivity index (χ1n) is 10.2. The molecule has 0 amide bonds. The third-order valence-electron chi connectivity index (χ3n) is 5.65. The molecule has 2 atom stereocenters. The Balaban J connectivity index is 1.57. The van der Waals surface area contributed by atoms with Gasteiger partial charge >= 0.3 is 0 Å². The van der Waals surface area contributed by atoms with Gasteiger partial charge in [0.25, 0.3) is 0 Å². The maximum atomic E-state index is 6.70. The molecule has 1 fully saturated rings. The van der Waals surface area contributed by atoms with Gasteiger partial charge in [-0.2, -0.15) is 0 Å². The molecule has 1 aliphatic heterocycles. The predicted molar refractivity (Wildman–Crippen MR) is 138 cm³/mol. The Morgan fingerprint density at radius 1 is 1.23 bits per heavy atom. The maximum absolute atomic E-state index is 6.70. The van der Waals surface area contributed by atoms with Gasteiger partial charge in [0.2, 0.25) is 0 Å². The van der Waals surface area contributed by atoms with Crippen molar-refractivity contribution >= 4 is 71.8 Å². The number of fused-ring (bicyclic) bond motifs is 1. The zero-order valence-electron chi connectivity index (χ0n) is 16.7. The van der Waals surface area contributed by atoms with Crippen LogP contribution in [0.5, 0.6) is 0 Å². The Morgan fingerprint density at radius 2 is 2.06 bits per heavy atom. The molecule has 0 bridgehead atoms. The summed E-state index contributed by atoms with van der Waals surface area (Å²) in [5, 5.41) is 6.14. The second kappa shape index (κ2) is 9.08. The van der Waals surface area contributed by atoms with Crippen LogP contribution >= 0.6 is 50.2 Å². The van der Waals surface area contributed by atoms with E-state index in [2.05, 4.69) is 79.0 Å². The molecule has 0 unspecified atom stereocenters. The summed E-state index contributed by atoms with van der Waals surface area (Å²) in [5.74, 6) is 0. The van der Waals surface area contributed by atoms with Crippen molar-refractivity contribution in [3.05, 3.63) is 73.3 Å². The van der Waals surface area contributed by atoms with Crippen molar-refractivity contribution in [2.45, 2.75) is 31.5 Å². The van der Waals surface area contributed by atoms with Gasteiger partial charge in [0, 0.05) is 40.6 Å². The zero-order chi connectivity index (χ0) is 21.4. The fraction of sp³-hybridized carbons (Fsp3) is 0.261. The summed E-state index contributed by atoms with van der Waals surface area (Å²) in [6.07, 6.45) is 2.10. The first-order chi connectivity index (χ1) is 15.1. The minimum absolute atomic E-state index is 0.0521. The lowest BCUT2D eigenvalue weighted by Crippen LogP contribution is -2.45. The Bertz CT molecular complexity index is 1180. The van der Waals surface area contributed by atoms with Crippen LogP contribution in [0.3, 0.4) is 0 Å². The van der Waals surface area contributed by atoms with Gasteiger partial charge < -0.3 is 16.0 Å². The number of pyridine rings is 1. The molecule has 1 aromatic carbocycles. The first kappa shape index (κ1) is 21.2. The molecule has 0 aliphatic carbocycles. The molecule has 160 valence electrons. The molecule has 3 aromatic heterocycles. The van der Waals surface area contributed by atoms with E-state index < -0.39 is 0 Å². The van der Waals surface area contributed by atoms with Crippen LogP contribution in [0, 0.1) is 0 Å². The van der Waals surface area contributed by atoms with Gasteiger partial charge in [0.05, 0.1) is 26.4 Å². The third kappa shape index (κ3) is 4.22. The number of benzene rings is 1. The van der Waals surface area contributed by atoms with E-state index in [1.807, 2.05) is 6.07 Å². The van der Waals surface area contributed by atoms with Crippen molar-refractivity contribution in [3.8, 4) is 0 Å². The molecule has 0 spiro atoms. The molecule has 0 saturated carbocycles. The standard InChI is InChI=1S/C23H22BrClN4S2/c24-19-20-22(17(12-18(25)28-20)27-13-15-8-5-11-30-15)31-23(19)21-16(26)9-4-10-29(21)14-6-2-1-3-7-14/h1-3,5-8,11-12,16,21H,4,9-10,13,26H2,(H,27,28)/t16-,21+/m0/s1. The average molecular weight is 534 g/mol. The topological polar surface area (TPSA) is 54.2 Å². The minimum atomic E-state index is 0.0521. The van der Waals surface area contributed by atoms with E-state index >= 15 is 0 Å². The number of rotatable bonds is 5. The summed E-state index contributed by atoms with van der Waals surface area (Å²) < 4.78 is 2.10. The number of para-hydroxylation sites is 1. The summed E-state index contributed by atoms with van der Waals surface area (Å²) in [5.41, 5.74) is 9.81. The predicted octanol–water partition coefficient (Wildman–Crippen LogP) is 7.05. The van der Waals surface area contributed by atoms with Crippen molar-refractivity contribution in [2.24, 2.45) is 5.73 Å². The van der Waals surface area contributed by atoms with Crippen molar-refractivity contribution in [3.63, 3.8) is 0 Å². The van der Waals surface area contributed by atoms with Crippen LogP contribution in [-0.4, -0.2) is 17.6 Å². The Labute approximate surface area is 203 Å². The number of nitrogens with two attached hydrogens (primary N) is 1. The summed E-state index contributed by atoms with van der Waals surface area (Å²) in [6, 6.07) is 16.8. The summed E-state index contributed by atoms with van der Waals surface area (Å²) >= 11 is 13.8. The van der Waals surface area contributed by atoms with Crippen LogP contribution in [-0.2, 0) is 6.54 Å². The van der Waals surface area contributed by atoms with Crippen molar-refractivity contribution in [1.29, 1.82) is 0 Å². The van der Waals surface area contributed by atoms with Gasteiger partial charge in [-0.05, 0) is 52.4 Å². The third-order valence-corrected chi connectivity index (χ3v) is 9.06. The SMILES string of the molecule is N[C@H]1CCCN(c2ccccc2)[C@H]1c1sc2c(NCc3cccs3)cc(Cl)nc2c1Br. The molecule has 1 saturated heterocycles. The Kier molecular flexibility index (Phi) is 6.21. The van der Waals surface area contributed by atoms with E-state index in [9.17, 15) is 0 Å². The van der Waals surface area contributed by atoms with Gasteiger partial charge in [0.1, 0.15) is 5.15 Å². The molecule has 4 nitrogen and oxygen atoms in total. The van der Waals surface area contributed by atoms with Gasteiger partial charge in [0.15, 0.2) is 0 Å².